The van der Waals surface area contributed by atoms with Gasteiger partial charge in [0.15, 0.2) is 0 Å². The van der Waals surface area contributed by atoms with Gasteiger partial charge in [-0.3, -0.25) is 4.98 Å². The van der Waals surface area contributed by atoms with E-state index in [1.807, 2.05) is 20.8 Å². The molecule has 1 aliphatic heterocycles. The topological polar surface area (TPSA) is 68.5 Å². The molecule has 2 N–H and O–H groups in total. The smallest absolute Gasteiger partial charge is 0.410 e. The van der Waals surface area contributed by atoms with Gasteiger partial charge in [0.05, 0.1) is 11.9 Å². The second kappa shape index (κ2) is 6.55. The maximum Gasteiger partial charge on any atom is 0.410 e. The van der Waals surface area contributed by atoms with Gasteiger partial charge in [0.25, 0.3) is 0 Å². The van der Waals surface area contributed by atoms with E-state index < -0.39 is 5.60 Å². The second-order valence-corrected chi connectivity index (χ2v) is 6.90. The van der Waals surface area contributed by atoms with Gasteiger partial charge in [-0.1, -0.05) is 6.92 Å². The van der Waals surface area contributed by atoms with Gasteiger partial charge in [-0.2, -0.15) is 0 Å². The molecule has 5 nitrogen and oxygen atoms in total. The summed E-state index contributed by atoms with van der Waals surface area (Å²) in [5.74, 6) is 0.393. The highest BCUT2D eigenvalue weighted by Gasteiger charge is 2.28. The van der Waals surface area contributed by atoms with Gasteiger partial charge < -0.3 is 15.4 Å². The molecule has 1 aliphatic rings. The molecule has 5 heteroatoms. The van der Waals surface area contributed by atoms with Crippen LogP contribution in [0.1, 0.15) is 57.7 Å². The molecule has 122 valence electrons. The molecule has 0 aromatic carbocycles. The summed E-state index contributed by atoms with van der Waals surface area (Å²) in [5.41, 5.74) is 8.48. The third kappa shape index (κ3) is 4.12. The molecular weight excluding hydrogens is 278 g/mol. The molecule has 0 atom stereocenters. The van der Waals surface area contributed by atoms with Crippen molar-refractivity contribution in [2.24, 2.45) is 0 Å². The minimum absolute atomic E-state index is 0.217. The van der Waals surface area contributed by atoms with Crippen LogP contribution in [0, 0.1) is 0 Å². The molecule has 0 unspecified atom stereocenters. The summed E-state index contributed by atoms with van der Waals surface area (Å²) in [7, 11) is 0. The SMILES string of the molecule is CCc1cc(C2CCN(C(=O)OC(C)(C)C)CC2)ncc1N. The van der Waals surface area contributed by atoms with Gasteiger partial charge in [0.2, 0.25) is 0 Å². The molecule has 1 aromatic heterocycles. The zero-order valence-electron chi connectivity index (χ0n) is 14.1. The molecule has 1 amide bonds. The van der Waals surface area contributed by atoms with Crippen LogP contribution in [0.25, 0.3) is 0 Å². The average Bonchev–Trinajstić information content (AvgIpc) is 2.46. The Morgan fingerprint density at radius 3 is 2.59 bits per heavy atom. The summed E-state index contributed by atoms with van der Waals surface area (Å²) in [4.78, 5) is 18.3. The molecule has 0 radical (unpaired) electrons. The van der Waals surface area contributed by atoms with Crippen LogP contribution in [-0.2, 0) is 11.2 Å². The number of rotatable bonds is 2. The standard InChI is InChI=1S/C17H27N3O2/c1-5-12-10-15(19-11-14(12)18)13-6-8-20(9-7-13)16(21)22-17(2,3)4/h10-11,13H,5-9,18H2,1-4H3. The van der Waals surface area contributed by atoms with Crippen LogP contribution in [0.2, 0.25) is 0 Å². The number of nitrogen functional groups attached to an aromatic ring is 1. The normalized spacial score (nSPS) is 16.6. The quantitative estimate of drug-likeness (QED) is 0.910. The van der Waals surface area contributed by atoms with Crippen LogP contribution in [-0.4, -0.2) is 34.7 Å². The van der Waals surface area contributed by atoms with Crippen molar-refractivity contribution in [2.45, 2.75) is 58.5 Å². The van der Waals surface area contributed by atoms with E-state index in [9.17, 15) is 4.79 Å². The van der Waals surface area contributed by atoms with E-state index in [0.717, 1.165) is 36.2 Å². The van der Waals surface area contributed by atoms with Crippen LogP contribution in [0.4, 0.5) is 10.5 Å². The molecular formula is C17H27N3O2. The van der Waals surface area contributed by atoms with Gasteiger partial charge in [-0.15, -0.1) is 0 Å². The van der Waals surface area contributed by atoms with Gasteiger partial charge in [0.1, 0.15) is 5.60 Å². The number of aryl methyl sites for hydroxylation is 1. The highest BCUT2D eigenvalue weighted by Crippen LogP contribution is 2.29. The average molecular weight is 305 g/mol. The Morgan fingerprint density at radius 1 is 1.41 bits per heavy atom. The number of amides is 1. The number of likely N-dealkylation sites (tertiary alicyclic amines) is 1. The molecule has 2 heterocycles. The summed E-state index contributed by atoms with van der Waals surface area (Å²) in [6, 6.07) is 2.11. The van der Waals surface area contributed by atoms with Crippen LogP contribution in [0.15, 0.2) is 12.3 Å². The number of anilines is 1. The first-order valence-corrected chi connectivity index (χ1v) is 8.02. The predicted octanol–water partition coefficient (Wildman–Crippen LogP) is 3.34. The first-order valence-electron chi connectivity index (χ1n) is 8.02. The molecule has 0 spiro atoms. The summed E-state index contributed by atoms with van der Waals surface area (Å²) in [6.07, 6.45) is 4.29. The molecule has 0 bridgehead atoms. The van der Waals surface area contributed by atoms with Gasteiger partial charge in [0, 0.05) is 24.7 Å². The van der Waals surface area contributed by atoms with Crippen molar-refractivity contribution in [2.75, 3.05) is 18.8 Å². The number of piperidine rings is 1. The Bertz CT molecular complexity index is 529. The first kappa shape index (κ1) is 16.6. The number of hydrogen-bond donors (Lipinski definition) is 1. The highest BCUT2D eigenvalue weighted by atomic mass is 16.6. The fourth-order valence-electron chi connectivity index (χ4n) is 2.74. The van der Waals surface area contributed by atoms with Crippen LogP contribution < -0.4 is 5.73 Å². The van der Waals surface area contributed by atoms with Gasteiger partial charge in [-0.05, 0) is 51.7 Å². The first-order chi connectivity index (χ1) is 10.3. The Balaban J connectivity index is 1.96. The number of hydrogen-bond acceptors (Lipinski definition) is 4. The van der Waals surface area contributed by atoms with Crippen LogP contribution >= 0.6 is 0 Å². The fraction of sp³-hybridized carbons (Fsp3) is 0.647. The molecule has 2 rings (SSSR count). The minimum atomic E-state index is -0.442. The Kier molecular flexibility index (Phi) is 4.94. The number of aromatic nitrogens is 1. The van der Waals surface area contributed by atoms with E-state index in [1.54, 1.807) is 11.1 Å². The van der Waals surface area contributed by atoms with Crippen LogP contribution in [0.5, 0.6) is 0 Å². The van der Waals surface area contributed by atoms with Crippen molar-refractivity contribution >= 4 is 11.8 Å². The zero-order valence-corrected chi connectivity index (χ0v) is 14.1. The lowest BCUT2D eigenvalue weighted by atomic mass is 9.92. The van der Waals surface area contributed by atoms with Gasteiger partial charge in [-0.25, -0.2) is 4.79 Å². The van der Waals surface area contributed by atoms with Crippen molar-refractivity contribution in [3.05, 3.63) is 23.5 Å². The maximum atomic E-state index is 12.1. The largest absolute Gasteiger partial charge is 0.444 e. The summed E-state index contributed by atoms with van der Waals surface area (Å²) < 4.78 is 5.43. The zero-order chi connectivity index (χ0) is 16.3. The summed E-state index contributed by atoms with van der Waals surface area (Å²) in [5, 5.41) is 0. The summed E-state index contributed by atoms with van der Waals surface area (Å²) in [6.45, 7) is 9.20. The third-order valence-corrected chi connectivity index (χ3v) is 3.99. The van der Waals surface area contributed by atoms with Crippen molar-refractivity contribution in [1.29, 1.82) is 0 Å². The number of ether oxygens (including phenoxy) is 1. The Morgan fingerprint density at radius 2 is 2.05 bits per heavy atom. The molecule has 1 aromatic rings. The molecule has 22 heavy (non-hydrogen) atoms. The lowest BCUT2D eigenvalue weighted by Crippen LogP contribution is -2.41. The van der Waals surface area contributed by atoms with E-state index in [4.69, 9.17) is 10.5 Å². The lowest BCUT2D eigenvalue weighted by molar-refractivity contribution is 0.0204. The van der Waals surface area contributed by atoms with E-state index in [-0.39, 0.29) is 6.09 Å². The van der Waals surface area contributed by atoms with Crippen molar-refractivity contribution < 1.29 is 9.53 Å². The molecule has 1 fully saturated rings. The number of nitrogens with zero attached hydrogens (tertiary/aromatic N) is 2. The monoisotopic (exact) mass is 305 g/mol. The fourth-order valence-corrected chi connectivity index (χ4v) is 2.74. The molecule has 1 saturated heterocycles. The minimum Gasteiger partial charge on any atom is -0.444 e. The summed E-state index contributed by atoms with van der Waals surface area (Å²) >= 11 is 0. The van der Waals surface area contributed by atoms with E-state index >= 15 is 0 Å². The van der Waals surface area contributed by atoms with Crippen molar-refractivity contribution in [3.8, 4) is 0 Å². The molecule has 0 saturated carbocycles. The van der Waals surface area contributed by atoms with Crippen molar-refractivity contribution in [3.63, 3.8) is 0 Å². The van der Waals surface area contributed by atoms with Crippen molar-refractivity contribution in [1.82, 2.24) is 9.88 Å². The predicted molar refractivity (Wildman–Crippen MR) is 87.8 cm³/mol. The lowest BCUT2D eigenvalue weighted by Gasteiger charge is -2.33. The number of carbonyl (C=O) groups is 1. The maximum absolute atomic E-state index is 12.1. The Labute approximate surface area is 132 Å². The second-order valence-electron chi connectivity index (χ2n) is 6.90. The highest BCUT2D eigenvalue weighted by molar-refractivity contribution is 5.68. The van der Waals surface area contributed by atoms with E-state index in [1.165, 1.54) is 0 Å². The third-order valence-electron chi connectivity index (χ3n) is 3.99. The number of carbonyl (C=O) groups excluding carboxylic acids is 1. The van der Waals surface area contributed by atoms with Gasteiger partial charge >= 0.3 is 6.09 Å². The number of pyridine rings is 1. The Hall–Kier alpha value is -1.78. The number of nitrogens with two attached hydrogens (primary N) is 1. The van der Waals surface area contributed by atoms with E-state index in [0.29, 0.717) is 19.0 Å². The van der Waals surface area contributed by atoms with E-state index in [2.05, 4.69) is 18.0 Å². The molecule has 0 aliphatic carbocycles. The van der Waals surface area contributed by atoms with Crippen LogP contribution in [0.3, 0.4) is 0 Å².